The van der Waals surface area contributed by atoms with Crippen LogP contribution in [0.2, 0.25) is 0 Å². The number of rotatable bonds is 14. The summed E-state index contributed by atoms with van der Waals surface area (Å²) in [5.74, 6) is 2.04. The smallest absolute Gasteiger partial charge is 0.119 e. The van der Waals surface area contributed by atoms with E-state index in [2.05, 4.69) is 48.2 Å². The van der Waals surface area contributed by atoms with Gasteiger partial charge in [0.1, 0.15) is 11.5 Å². The fraction of sp³-hybridized carbons (Fsp3) is 0.600. The number of benzene rings is 1. The zero-order valence-corrected chi connectivity index (χ0v) is 18.2. The van der Waals surface area contributed by atoms with Gasteiger partial charge in [-0.1, -0.05) is 64.0 Å². The first-order valence-electron chi connectivity index (χ1n) is 11.1. The lowest BCUT2D eigenvalue weighted by Crippen LogP contribution is -2.27. The summed E-state index contributed by atoms with van der Waals surface area (Å²) in [6.07, 6.45) is 17.4. The Bertz CT molecular complexity index is 603. The lowest BCUT2D eigenvalue weighted by molar-refractivity contribution is 0.272. The van der Waals surface area contributed by atoms with Crippen molar-refractivity contribution in [3.8, 4) is 5.75 Å². The predicted molar refractivity (Wildman–Crippen MR) is 120 cm³/mol. The van der Waals surface area contributed by atoms with Crippen LogP contribution < -0.4 is 9.64 Å². The molecule has 3 heteroatoms. The fourth-order valence-corrected chi connectivity index (χ4v) is 3.80. The number of unbranched alkanes of at least 4 members (excludes halogenated alkanes) is 7. The van der Waals surface area contributed by atoms with Gasteiger partial charge in [0.25, 0.3) is 0 Å². The van der Waals surface area contributed by atoms with E-state index in [-0.39, 0.29) is 0 Å². The average molecular weight is 386 g/mol. The van der Waals surface area contributed by atoms with Gasteiger partial charge in [-0.15, -0.1) is 0 Å². The Morgan fingerprint density at radius 3 is 2.18 bits per heavy atom. The van der Waals surface area contributed by atoms with Crippen LogP contribution in [-0.4, -0.2) is 27.3 Å². The Hall–Kier alpha value is -1.90. The molecule has 2 rings (SSSR count). The monoisotopic (exact) mass is 385 g/mol. The van der Waals surface area contributed by atoms with Crippen LogP contribution in [0.4, 0.5) is 5.69 Å². The molecule has 0 saturated carbocycles. The second-order valence-electron chi connectivity index (χ2n) is 7.69. The summed E-state index contributed by atoms with van der Waals surface area (Å²) < 4.78 is 11.0. The zero-order valence-electron chi connectivity index (χ0n) is 18.2. The summed E-state index contributed by atoms with van der Waals surface area (Å²) in [6.45, 7) is 4.26. The van der Waals surface area contributed by atoms with E-state index in [1.165, 1.54) is 62.6 Å². The number of nitrogens with zero attached hydrogens (tertiary/aromatic N) is 1. The van der Waals surface area contributed by atoms with Crippen LogP contribution >= 0.6 is 0 Å². The third-order valence-electron chi connectivity index (χ3n) is 5.54. The van der Waals surface area contributed by atoms with E-state index in [1.807, 2.05) is 0 Å². The second kappa shape index (κ2) is 13.3. The molecule has 0 heterocycles. The van der Waals surface area contributed by atoms with Crippen molar-refractivity contribution in [3.63, 3.8) is 0 Å². The summed E-state index contributed by atoms with van der Waals surface area (Å²) in [6, 6.07) is 8.45. The zero-order chi connectivity index (χ0) is 20.0. The van der Waals surface area contributed by atoms with Gasteiger partial charge >= 0.3 is 0 Å². The minimum atomic E-state index is 0.905. The summed E-state index contributed by atoms with van der Waals surface area (Å²) in [7, 11) is 3.51. The van der Waals surface area contributed by atoms with E-state index >= 15 is 0 Å². The van der Waals surface area contributed by atoms with Crippen molar-refractivity contribution in [2.75, 3.05) is 32.2 Å². The summed E-state index contributed by atoms with van der Waals surface area (Å²) in [5.41, 5.74) is 2.56. The van der Waals surface area contributed by atoms with Crippen molar-refractivity contribution < 1.29 is 9.47 Å². The number of methoxy groups -OCH3 is 2. The highest BCUT2D eigenvalue weighted by Crippen LogP contribution is 2.25. The standard InChI is InChI=1S/C25H39NO2/c1-4-5-6-7-8-9-10-13-20-26(23-16-18-24(27-2)19-17-23)21-22-14-11-12-15-25(22)28-3/h11,14,16-19H,4-10,12-13,15,20-21H2,1-3H3. The molecule has 0 amide bonds. The molecule has 156 valence electrons. The van der Waals surface area contributed by atoms with Crippen LogP contribution in [-0.2, 0) is 4.74 Å². The van der Waals surface area contributed by atoms with E-state index < -0.39 is 0 Å². The van der Waals surface area contributed by atoms with E-state index in [9.17, 15) is 0 Å². The number of ether oxygens (including phenoxy) is 2. The topological polar surface area (TPSA) is 21.7 Å². The number of hydrogen-bond donors (Lipinski definition) is 0. The lowest BCUT2D eigenvalue weighted by Gasteiger charge is -2.27. The molecule has 0 radical (unpaired) electrons. The van der Waals surface area contributed by atoms with Crippen LogP contribution in [0.3, 0.4) is 0 Å². The maximum atomic E-state index is 5.65. The minimum Gasteiger partial charge on any atom is -0.501 e. The van der Waals surface area contributed by atoms with E-state index in [0.29, 0.717) is 0 Å². The molecular formula is C25H39NO2. The Labute approximate surface area is 172 Å². The second-order valence-corrected chi connectivity index (χ2v) is 7.69. The van der Waals surface area contributed by atoms with Crippen LogP contribution in [0, 0.1) is 0 Å². The van der Waals surface area contributed by atoms with Gasteiger partial charge in [-0.25, -0.2) is 0 Å². The van der Waals surface area contributed by atoms with Crippen molar-refractivity contribution in [2.45, 2.75) is 71.1 Å². The van der Waals surface area contributed by atoms with Crippen molar-refractivity contribution in [3.05, 3.63) is 47.7 Å². The molecule has 0 aromatic heterocycles. The average Bonchev–Trinajstić information content (AvgIpc) is 2.75. The highest BCUT2D eigenvalue weighted by Gasteiger charge is 2.14. The highest BCUT2D eigenvalue weighted by atomic mass is 16.5. The third kappa shape index (κ3) is 7.61. The maximum Gasteiger partial charge on any atom is 0.119 e. The Morgan fingerprint density at radius 1 is 0.857 bits per heavy atom. The SMILES string of the molecule is CCCCCCCCCCN(CC1=C(OC)CCC=C1)c1ccc(OC)cc1. The van der Waals surface area contributed by atoms with Crippen LogP contribution in [0.1, 0.15) is 71.1 Å². The lowest BCUT2D eigenvalue weighted by atomic mass is 10.0. The van der Waals surface area contributed by atoms with Crippen molar-refractivity contribution in [1.29, 1.82) is 0 Å². The number of hydrogen-bond acceptors (Lipinski definition) is 3. The molecule has 0 N–H and O–H groups in total. The largest absolute Gasteiger partial charge is 0.501 e. The fourth-order valence-electron chi connectivity index (χ4n) is 3.80. The quantitative estimate of drug-likeness (QED) is 0.325. The Kier molecular flexibility index (Phi) is 10.6. The molecule has 1 aliphatic carbocycles. The maximum absolute atomic E-state index is 5.65. The Morgan fingerprint density at radius 2 is 1.54 bits per heavy atom. The molecule has 1 aromatic carbocycles. The van der Waals surface area contributed by atoms with Crippen LogP contribution in [0.5, 0.6) is 5.75 Å². The molecular weight excluding hydrogens is 346 g/mol. The van der Waals surface area contributed by atoms with Gasteiger partial charge in [0, 0.05) is 30.8 Å². The number of anilines is 1. The van der Waals surface area contributed by atoms with Crippen molar-refractivity contribution >= 4 is 5.69 Å². The van der Waals surface area contributed by atoms with Crippen molar-refractivity contribution in [2.24, 2.45) is 0 Å². The molecule has 0 spiro atoms. The third-order valence-corrected chi connectivity index (χ3v) is 5.54. The molecule has 1 aliphatic rings. The number of allylic oxidation sites excluding steroid dienone is 2. The van der Waals surface area contributed by atoms with Gasteiger partial charge in [-0.2, -0.15) is 0 Å². The molecule has 0 unspecified atom stereocenters. The molecule has 0 atom stereocenters. The first-order valence-corrected chi connectivity index (χ1v) is 11.1. The van der Waals surface area contributed by atoms with E-state index in [4.69, 9.17) is 9.47 Å². The molecule has 0 saturated heterocycles. The van der Waals surface area contributed by atoms with Gasteiger partial charge in [0.15, 0.2) is 0 Å². The van der Waals surface area contributed by atoms with Gasteiger partial charge < -0.3 is 14.4 Å². The molecule has 1 aromatic rings. The molecule has 28 heavy (non-hydrogen) atoms. The normalized spacial score (nSPS) is 13.7. The van der Waals surface area contributed by atoms with E-state index in [1.54, 1.807) is 14.2 Å². The molecule has 0 fully saturated rings. The van der Waals surface area contributed by atoms with Crippen molar-refractivity contribution in [1.82, 2.24) is 0 Å². The minimum absolute atomic E-state index is 0.905. The first-order chi connectivity index (χ1) is 13.8. The van der Waals surface area contributed by atoms with Gasteiger partial charge in [-0.05, 0) is 37.1 Å². The van der Waals surface area contributed by atoms with Crippen LogP contribution in [0.25, 0.3) is 0 Å². The Balaban J connectivity index is 1.92. The summed E-state index contributed by atoms with van der Waals surface area (Å²) in [5, 5.41) is 0. The van der Waals surface area contributed by atoms with E-state index in [0.717, 1.165) is 37.4 Å². The molecule has 0 bridgehead atoms. The van der Waals surface area contributed by atoms with Gasteiger partial charge in [0.2, 0.25) is 0 Å². The first kappa shape index (κ1) is 22.4. The van der Waals surface area contributed by atoms with Gasteiger partial charge in [-0.3, -0.25) is 0 Å². The van der Waals surface area contributed by atoms with Crippen LogP contribution in [0.15, 0.2) is 47.7 Å². The molecule has 3 nitrogen and oxygen atoms in total. The molecule has 0 aliphatic heterocycles. The summed E-state index contributed by atoms with van der Waals surface area (Å²) in [4.78, 5) is 2.49. The highest BCUT2D eigenvalue weighted by molar-refractivity contribution is 5.51. The predicted octanol–water partition coefficient (Wildman–Crippen LogP) is 6.89. The van der Waals surface area contributed by atoms with Gasteiger partial charge in [0.05, 0.1) is 14.2 Å². The summed E-state index contributed by atoms with van der Waals surface area (Å²) >= 11 is 0.